The lowest BCUT2D eigenvalue weighted by Crippen LogP contribution is -3.00. The first kappa shape index (κ1) is 19.8. The molecular weight excluding hydrogens is 381 g/mol. The van der Waals surface area contributed by atoms with Crippen molar-refractivity contribution in [3.05, 3.63) is 121 Å². The van der Waals surface area contributed by atoms with E-state index < -0.39 is 7.26 Å². The Morgan fingerprint density at radius 2 is 0.893 bits per heavy atom. The van der Waals surface area contributed by atoms with Gasteiger partial charge in [0.1, 0.15) is 28.5 Å². The molecule has 1 nitrogen and oxygen atoms in total. The zero-order valence-electron chi connectivity index (χ0n) is 15.2. The fourth-order valence-electron chi connectivity index (χ4n) is 3.63. The molecule has 0 unspecified atom stereocenters. The molecule has 0 heterocycles. The summed E-state index contributed by atoms with van der Waals surface area (Å²) in [4.78, 5) is 0. The molecular formula is C25H19ClNP. The highest BCUT2D eigenvalue weighted by atomic mass is 35.5. The highest BCUT2D eigenvalue weighted by molar-refractivity contribution is 8.01. The Morgan fingerprint density at radius 1 is 0.500 bits per heavy atom. The molecule has 0 saturated carbocycles. The van der Waals surface area contributed by atoms with Crippen molar-refractivity contribution >= 4 is 28.5 Å². The summed E-state index contributed by atoms with van der Waals surface area (Å²) >= 11 is 0. The number of nitriles is 1. The van der Waals surface area contributed by atoms with Crippen molar-refractivity contribution in [2.75, 3.05) is 0 Å². The number of hydrogen-bond donors (Lipinski definition) is 0. The quantitative estimate of drug-likeness (QED) is 0.473. The number of hydrogen-bond acceptors (Lipinski definition) is 1. The van der Waals surface area contributed by atoms with Crippen LogP contribution in [0.5, 0.6) is 0 Å². The molecule has 0 aliphatic rings. The molecule has 0 saturated heterocycles. The van der Waals surface area contributed by atoms with Crippen LogP contribution in [0.2, 0.25) is 0 Å². The van der Waals surface area contributed by atoms with Gasteiger partial charge in [0.05, 0.1) is 11.6 Å². The van der Waals surface area contributed by atoms with Crippen LogP contribution in [0.25, 0.3) is 0 Å². The normalized spacial score (nSPS) is 10.5. The summed E-state index contributed by atoms with van der Waals surface area (Å²) in [5, 5.41) is 14.6. The molecule has 0 fully saturated rings. The first-order valence-electron chi connectivity index (χ1n) is 8.92. The van der Waals surface area contributed by atoms with Crippen LogP contribution in [0.4, 0.5) is 0 Å². The van der Waals surface area contributed by atoms with E-state index in [4.69, 9.17) is 0 Å². The number of rotatable bonds is 4. The molecule has 0 spiro atoms. The van der Waals surface area contributed by atoms with Gasteiger partial charge in [0, 0.05) is 0 Å². The zero-order chi connectivity index (χ0) is 18.5. The standard InChI is InChI=1S/C25H19NP.ClH/c26-20-21-11-10-18-25(19-21)27(22-12-4-1-5-13-22,23-14-6-2-7-15-23)24-16-8-3-9-17-24;/h1-19H;1H/q+1;/p-1. The van der Waals surface area contributed by atoms with Gasteiger partial charge in [0.25, 0.3) is 0 Å². The minimum Gasteiger partial charge on any atom is -1.00 e. The smallest absolute Gasteiger partial charge is 0.144 e. The monoisotopic (exact) mass is 399 g/mol. The Balaban J connectivity index is 0.00000225. The van der Waals surface area contributed by atoms with E-state index in [0.29, 0.717) is 5.56 Å². The summed E-state index contributed by atoms with van der Waals surface area (Å²) in [6, 6.07) is 42.5. The maximum absolute atomic E-state index is 9.50. The van der Waals surface area contributed by atoms with E-state index in [2.05, 4.69) is 109 Å². The zero-order valence-corrected chi connectivity index (χ0v) is 16.9. The fourth-order valence-corrected chi connectivity index (χ4v) is 7.92. The molecule has 4 aromatic carbocycles. The topological polar surface area (TPSA) is 23.8 Å². The van der Waals surface area contributed by atoms with E-state index in [1.807, 2.05) is 12.1 Å². The van der Waals surface area contributed by atoms with Gasteiger partial charge in [-0.15, -0.1) is 0 Å². The molecule has 0 aromatic heterocycles. The summed E-state index contributed by atoms with van der Waals surface area (Å²) in [6.45, 7) is 0. The largest absolute Gasteiger partial charge is 1.00 e. The van der Waals surface area contributed by atoms with Crippen LogP contribution >= 0.6 is 7.26 Å². The summed E-state index contributed by atoms with van der Waals surface area (Å²) in [5.41, 5.74) is 0.694. The minimum atomic E-state index is -2.10. The van der Waals surface area contributed by atoms with Crippen LogP contribution in [-0.2, 0) is 0 Å². The molecule has 0 N–H and O–H groups in total. The van der Waals surface area contributed by atoms with Crippen LogP contribution in [-0.4, -0.2) is 0 Å². The first-order valence-corrected chi connectivity index (χ1v) is 10.7. The average Bonchev–Trinajstić information content (AvgIpc) is 2.77. The highest BCUT2D eigenvalue weighted by Crippen LogP contribution is 2.54. The van der Waals surface area contributed by atoms with Crippen molar-refractivity contribution in [2.45, 2.75) is 0 Å². The van der Waals surface area contributed by atoms with Crippen molar-refractivity contribution < 1.29 is 12.4 Å². The van der Waals surface area contributed by atoms with Crippen molar-refractivity contribution in [2.24, 2.45) is 0 Å². The lowest BCUT2D eigenvalue weighted by molar-refractivity contribution is -0.00000536. The van der Waals surface area contributed by atoms with E-state index in [1.54, 1.807) is 0 Å². The van der Waals surface area contributed by atoms with Gasteiger partial charge in [0.15, 0.2) is 0 Å². The Labute approximate surface area is 173 Å². The second-order valence-electron chi connectivity index (χ2n) is 6.34. The fraction of sp³-hybridized carbons (Fsp3) is 0. The van der Waals surface area contributed by atoms with Crippen molar-refractivity contribution in [3.8, 4) is 6.07 Å². The molecule has 3 heteroatoms. The Morgan fingerprint density at radius 3 is 1.29 bits per heavy atom. The SMILES string of the molecule is N#Cc1cccc([P+](c2ccccc2)(c2ccccc2)c2ccccc2)c1.[Cl-]. The van der Waals surface area contributed by atoms with Gasteiger partial charge >= 0.3 is 0 Å². The van der Waals surface area contributed by atoms with E-state index >= 15 is 0 Å². The Kier molecular flexibility index (Phi) is 6.27. The molecule has 28 heavy (non-hydrogen) atoms. The lowest BCUT2D eigenvalue weighted by Gasteiger charge is -2.27. The highest BCUT2D eigenvalue weighted by Gasteiger charge is 2.47. The average molecular weight is 400 g/mol. The van der Waals surface area contributed by atoms with Crippen molar-refractivity contribution in [1.82, 2.24) is 0 Å². The predicted molar refractivity (Wildman–Crippen MR) is 116 cm³/mol. The van der Waals surface area contributed by atoms with Crippen molar-refractivity contribution in [3.63, 3.8) is 0 Å². The molecule has 0 radical (unpaired) electrons. The van der Waals surface area contributed by atoms with Gasteiger partial charge in [-0.3, -0.25) is 0 Å². The van der Waals surface area contributed by atoms with Crippen LogP contribution in [0, 0.1) is 11.3 Å². The summed E-state index contributed by atoms with van der Waals surface area (Å²) in [7, 11) is -2.10. The van der Waals surface area contributed by atoms with Gasteiger partial charge < -0.3 is 12.4 Å². The van der Waals surface area contributed by atoms with Gasteiger partial charge in [-0.25, -0.2) is 0 Å². The molecule has 0 amide bonds. The first-order chi connectivity index (χ1) is 13.4. The third kappa shape index (κ3) is 3.46. The molecule has 136 valence electrons. The Hall–Kier alpha value is -2.91. The third-order valence-electron chi connectivity index (χ3n) is 4.79. The van der Waals surface area contributed by atoms with Crippen LogP contribution in [0.3, 0.4) is 0 Å². The minimum absolute atomic E-state index is 0. The molecule has 4 rings (SSSR count). The lowest BCUT2D eigenvalue weighted by atomic mass is 10.2. The van der Waals surface area contributed by atoms with Gasteiger partial charge in [-0.1, -0.05) is 60.7 Å². The number of nitrogens with zero attached hydrogens (tertiary/aromatic N) is 1. The maximum Gasteiger partial charge on any atom is 0.144 e. The van der Waals surface area contributed by atoms with Gasteiger partial charge in [-0.05, 0) is 54.6 Å². The molecule has 0 aliphatic heterocycles. The predicted octanol–water partition coefficient (Wildman–Crippen LogP) is 1.18. The van der Waals surface area contributed by atoms with Crippen molar-refractivity contribution in [1.29, 1.82) is 5.26 Å². The van der Waals surface area contributed by atoms with E-state index in [-0.39, 0.29) is 12.4 Å². The van der Waals surface area contributed by atoms with E-state index in [1.165, 1.54) is 21.2 Å². The van der Waals surface area contributed by atoms with E-state index in [9.17, 15) is 5.26 Å². The van der Waals surface area contributed by atoms with Gasteiger partial charge in [-0.2, -0.15) is 5.26 Å². The molecule has 4 aromatic rings. The second-order valence-corrected chi connectivity index (χ2v) is 9.75. The molecule has 0 bridgehead atoms. The second kappa shape index (κ2) is 8.85. The summed E-state index contributed by atoms with van der Waals surface area (Å²) in [5.74, 6) is 0. The van der Waals surface area contributed by atoms with Crippen LogP contribution in [0.1, 0.15) is 5.56 Å². The van der Waals surface area contributed by atoms with Gasteiger partial charge in [0.2, 0.25) is 0 Å². The van der Waals surface area contributed by atoms with Crippen LogP contribution < -0.4 is 33.6 Å². The summed E-state index contributed by atoms with van der Waals surface area (Å²) in [6.07, 6.45) is 0. The maximum atomic E-state index is 9.50. The summed E-state index contributed by atoms with van der Waals surface area (Å²) < 4.78 is 0. The third-order valence-corrected chi connectivity index (χ3v) is 9.06. The molecule has 0 atom stereocenters. The van der Waals surface area contributed by atoms with Crippen LogP contribution in [0.15, 0.2) is 115 Å². The Bertz CT molecular complexity index is 977. The number of benzene rings is 4. The number of halogens is 1. The molecule has 0 aliphatic carbocycles. The van der Waals surface area contributed by atoms with E-state index in [0.717, 1.165) is 0 Å².